The van der Waals surface area contributed by atoms with Crippen LogP contribution < -0.4 is 10.6 Å². The van der Waals surface area contributed by atoms with Gasteiger partial charge in [-0.25, -0.2) is 0 Å². The fourth-order valence-electron chi connectivity index (χ4n) is 2.42. The Hall–Kier alpha value is -0.570. The monoisotopic (exact) mass is 226 g/mol. The van der Waals surface area contributed by atoms with Gasteiger partial charge in [-0.2, -0.15) is 0 Å². The molecule has 0 saturated carbocycles. The first-order chi connectivity index (χ1) is 7.58. The zero-order chi connectivity index (χ0) is 12.0. The highest BCUT2D eigenvalue weighted by molar-refractivity contribution is 5.76. The number of carbonyl (C=O) groups excluding carboxylic acids is 1. The van der Waals surface area contributed by atoms with Gasteiger partial charge in [0.2, 0.25) is 5.91 Å². The van der Waals surface area contributed by atoms with Crippen molar-refractivity contribution in [1.29, 1.82) is 0 Å². The molecule has 1 rings (SSSR count). The lowest BCUT2D eigenvalue weighted by Gasteiger charge is -2.24. The van der Waals surface area contributed by atoms with Gasteiger partial charge in [0.05, 0.1) is 0 Å². The van der Waals surface area contributed by atoms with Crippen LogP contribution in [0.25, 0.3) is 0 Å². The van der Waals surface area contributed by atoms with Crippen molar-refractivity contribution in [3.8, 4) is 0 Å². The summed E-state index contributed by atoms with van der Waals surface area (Å²) in [5.74, 6) is 0.843. The Labute approximate surface area is 99.4 Å². The highest BCUT2D eigenvalue weighted by atomic mass is 16.1. The Morgan fingerprint density at radius 1 is 1.38 bits per heavy atom. The third kappa shape index (κ3) is 5.50. The topological polar surface area (TPSA) is 41.1 Å². The van der Waals surface area contributed by atoms with Gasteiger partial charge in [0.15, 0.2) is 0 Å². The van der Waals surface area contributed by atoms with Gasteiger partial charge in [-0.1, -0.05) is 20.3 Å². The Morgan fingerprint density at radius 2 is 2.12 bits per heavy atom. The molecular formula is C13H26N2O. The minimum atomic E-state index is 0.201. The molecule has 0 spiro atoms. The summed E-state index contributed by atoms with van der Waals surface area (Å²) in [6, 6.07) is 0.705. The van der Waals surface area contributed by atoms with Crippen LogP contribution in [0.5, 0.6) is 0 Å². The smallest absolute Gasteiger partial charge is 0.221 e. The van der Waals surface area contributed by atoms with Gasteiger partial charge in [-0.05, 0) is 38.6 Å². The standard InChI is InChI=1S/C13H26N2O/c1-10(2)8-11(3)15-13(16)9-12-6-4-5-7-14-12/h10-12,14H,4-9H2,1-3H3,(H,15,16). The van der Waals surface area contributed by atoms with Crippen LogP contribution in [0.15, 0.2) is 0 Å². The molecule has 0 radical (unpaired) electrons. The van der Waals surface area contributed by atoms with Gasteiger partial charge in [0.25, 0.3) is 0 Å². The van der Waals surface area contributed by atoms with Gasteiger partial charge in [0.1, 0.15) is 0 Å². The van der Waals surface area contributed by atoms with Crippen LogP contribution >= 0.6 is 0 Å². The van der Waals surface area contributed by atoms with E-state index in [1.54, 1.807) is 0 Å². The number of hydrogen-bond acceptors (Lipinski definition) is 2. The van der Waals surface area contributed by atoms with E-state index < -0.39 is 0 Å². The molecule has 1 aliphatic heterocycles. The summed E-state index contributed by atoms with van der Waals surface area (Å²) in [4.78, 5) is 11.8. The van der Waals surface area contributed by atoms with Gasteiger partial charge >= 0.3 is 0 Å². The Kier molecular flexibility index (Phi) is 5.81. The summed E-state index contributed by atoms with van der Waals surface area (Å²) in [6.07, 6.45) is 5.35. The molecule has 3 heteroatoms. The van der Waals surface area contributed by atoms with Crippen LogP contribution in [-0.2, 0) is 4.79 Å². The Morgan fingerprint density at radius 3 is 2.69 bits per heavy atom. The van der Waals surface area contributed by atoms with Gasteiger partial charge in [-0.15, -0.1) is 0 Å². The average molecular weight is 226 g/mol. The van der Waals surface area contributed by atoms with Crippen LogP contribution in [0.4, 0.5) is 0 Å². The lowest BCUT2D eigenvalue weighted by atomic mass is 10.0. The second kappa shape index (κ2) is 6.89. The molecule has 1 saturated heterocycles. The lowest BCUT2D eigenvalue weighted by molar-refractivity contribution is -0.122. The summed E-state index contributed by atoms with van der Waals surface area (Å²) in [6.45, 7) is 7.53. The van der Waals surface area contributed by atoms with E-state index in [0.29, 0.717) is 24.4 Å². The fraction of sp³-hybridized carbons (Fsp3) is 0.923. The maximum Gasteiger partial charge on any atom is 0.221 e. The van der Waals surface area contributed by atoms with E-state index in [9.17, 15) is 4.79 Å². The third-order valence-electron chi connectivity index (χ3n) is 3.08. The number of carbonyl (C=O) groups is 1. The van der Waals surface area contributed by atoms with E-state index in [1.807, 2.05) is 0 Å². The first kappa shape index (κ1) is 13.5. The SMILES string of the molecule is CC(C)CC(C)NC(=O)CC1CCCCN1. The molecule has 0 bridgehead atoms. The molecule has 94 valence electrons. The molecule has 0 aromatic carbocycles. The third-order valence-corrected chi connectivity index (χ3v) is 3.08. The molecule has 0 aromatic heterocycles. The predicted octanol–water partition coefficient (Wildman–Crippen LogP) is 2.07. The first-order valence-corrected chi connectivity index (χ1v) is 6.60. The number of hydrogen-bond donors (Lipinski definition) is 2. The quantitative estimate of drug-likeness (QED) is 0.753. The Balaban J connectivity index is 2.18. The van der Waals surface area contributed by atoms with E-state index in [-0.39, 0.29) is 5.91 Å². The van der Waals surface area contributed by atoms with E-state index in [0.717, 1.165) is 19.4 Å². The molecule has 1 heterocycles. The van der Waals surface area contributed by atoms with Crippen molar-refractivity contribution in [1.82, 2.24) is 10.6 Å². The van der Waals surface area contributed by atoms with Crippen molar-refractivity contribution in [2.24, 2.45) is 5.92 Å². The van der Waals surface area contributed by atoms with Crippen molar-refractivity contribution in [3.63, 3.8) is 0 Å². The van der Waals surface area contributed by atoms with E-state index in [2.05, 4.69) is 31.4 Å². The Bertz CT molecular complexity index is 210. The van der Waals surface area contributed by atoms with Crippen LogP contribution in [0.2, 0.25) is 0 Å². The molecule has 2 N–H and O–H groups in total. The average Bonchev–Trinajstić information content (AvgIpc) is 2.17. The number of rotatable bonds is 5. The second-order valence-electron chi connectivity index (χ2n) is 5.45. The molecular weight excluding hydrogens is 200 g/mol. The molecule has 2 atom stereocenters. The maximum absolute atomic E-state index is 11.8. The zero-order valence-electron chi connectivity index (χ0n) is 10.9. The van der Waals surface area contributed by atoms with Gasteiger partial charge < -0.3 is 10.6 Å². The van der Waals surface area contributed by atoms with Gasteiger partial charge in [0, 0.05) is 18.5 Å². The minimum Gasteiger partial charge on any atom is -0.354 e. The zero-order valence-corrected chi connectivity index (χ0v) is 10.9. The molecule has 0 aliphatic carbocycles. The van der Waals surface area contributed by atoms with Crippen LogP contribution in [-0.4, -0.2) is 24.5 Å². The largest absolute Gasteiger partial charge is 0.354 e. The molecule has 1 fully saturated rings. The summed E-state index contributed by atoms with van der Waals surface area (Å²) in [5.41, 5.74) is 0. The number of nitrogens with one attached hydrogen (secondary N) is 2. The second-order valence-corrected chi connectivity index (χ2v) is 5.45. The van der Waals surface area contributed by atoms with Crippen molar-refractivity contribution in [3.05, 3.63) is 0 Å². The first-order valence-electron chi connectivity index (χ1n) is 6.60. The molecule has 1 amide bonds. The molecule has 0 aromatic rings. The molecule has 2 unspecified atom stereocenters. The molecule has 1 aliphatic rings. The fourth-order valence-corrected chi connectivity index (χ4v) is 2.42. The predicted molar refractivity (Wildman–Crippen MR) is 67.3 cm³/mol. The lowest BCUT2D eigenvalue weighted by Crippen LogP contribution is -2.41. The summed E-state index contributed by atoms with van der Waals surface area (Å²) >= 11 is 0. The number of amides is 1. The highest BCUT2D eigenvalue weighted by Crippen LogP contribution is 2.10. The van der Waals surface area contributed by atoms with Crippen molar-refractivity contribution in [2.75, 3.05) is 6.54 Å². The van der Waals surface area contributed by atoms with E-state index in [1.165, 1.54) is 12.8 Å². The van der Waals surface area contributed by atoms with Crippen molar-refractivity contribution >= 4 is 5.91 Å². The summed E-state index contributed by atoms with van der Waals surface area (Å²) in [5, 5.41) is 6.48. The highest BCUT2D eigenvalue weighted by Gasteiger charge is 2.17. The number of piperidine rings is 1. The summed E-state index contributed by atoms with van der Waals surface area (Å²) < 4.78 is 0. The maximum atomic E-state index is 11.8. The van der Waals surface area contributed by atoms with E-state index in [4.69, 9.17) is 0 Å². The van der Waals surface area contributed by atoms with Gasteiger partial charge in [-0.3, -0.25) is 4.79 Å². The van der Waals surface area contributed by atoms with Crippen molar-refractivity contribution in [2.45, 2.75) is 65.0 Å². The van der Waals surface area contributed by atoms with Crippen LogP contribution in [0.1, 0.15) is 52.9 Å². The normalized spacial score (nSPS) is 23.1. The van der Waals surface area contributed by atoms with E-state index >= 15 is 0 Å². The molecule has 16 heavy (non-hydrogen) atoms. The van der Waals surface area contributed by atoms with Crippen LogP contribution in [0.3, 0.4) is 0 Å². The molecule has 3 nitrogen and oxygen atoms in total. The summed E-state index contributed by atoms with van der Waals surface area (Å²) in [7, 11) is 0. The van der Waals surface area contributed by atoms with Crippen molar-refractivity contribution < 1.29 is 4.79 Å². The van der Waals surface area contributed by atoms with Crippen LogP contribution in [0, 0.1) is 5.92 Å². The minimum absolute atomic E-state index is 0.201.